The first-order valence-corrected chi connectivity index (χ1v) is 8.40. The minimum Gasteiger partial charge on any atom is -0.496 e. The molecule has 0 radical (unpaired) electrons. The second-order valence-corrected chi connectivity index (χ2v) is 6.27. The second-order valence-electron chi connectivity index (χ2n) is 6.27. The molecule has 0 spiro atoms. The number of likely N-dealkylation sites (N-methyl/N-ethyl adjacent to an activating group) is 1. The lowest BCUT2D eigenvalue weighted by Gasteiger charge is -2.29. The molecule has 0 unspecified atom stereocenters. The fourth-order valence-electron chi connectivity index (χ4n) is 3.24. The Morgan fingerprint density at radius 1 is 1.21 bits per heavy atom. The van der Waals surface area contributed by atoms with E-state index < -0.39 is 0 Å². The summed E-state index contributed by atoms with van der Waals surface area (Å²) < 4.78 is 5.55. The molecule has 0 aromatic heterocycles. The third-order valence-corrected chi connectivity index (χ3v) is 4.52. The molecule has 0 atom stereocenters. The Labute approximate surface area is 143 Å². The SMILES string of the molecule is COc1ccc2ccccc2c1CN(C)CC(=O)N1CCNCC1. The van der Waals surface area contributed by atoms with Gasteiger partial charge >= 0.3 is 0 Å². The van der Waals surface area contributed by atoms with Crippen molar-refractivity contribution < 1.29 is 9.53 Å². The van der Waals surface area contributed by atoms with E-state index in [0.29, 0.717) is 13.1 Å². The Kier molecular flexibility index (Phi) is 5.33. The van der Waals surface area contributed by atoms with Crippen molar-refractivity contribution in [1.29, 1.82) is 0 Å². The minimum absolute atomic E-state index is 0.193. The van der Waals surface area contributed by atoms with E-state index in [4.69, 9.17) is 4.74 Å². The van der Waals surface area contributed by atoms with E-state index in [1.165, 1.54) is 10.8 Å². The highest BCUT2D eigenvalue weighted by molar-refractivity contribution is 5.87. The van der Waals surface area contributed by atoms with E-state index in [-0.39, 0.29) is 5.91 Å². The van der Waals surface area contributed by atoms with Crippen molar-refractivity contribution in [3.8, 4) is 5.75 Å². The molecule has 1 saturated heterocycles. The number of hydrogen-bond acceptors (Lipinski definition) is 4. The lowest BCUT2D eigenvalue weighted by atomic mass is 10.0. The van der Waals surface area contributed by atoms with Gasteiger partial charge in [0.25, 0.3) is 0 Å². The number of carbonyl (C=O) groups is 1. The number of ether oxygens (including phenoxy) is 1. The van der Waals surface area contributed by atoms with Gasteiger partial charge in [-0.25, -0.2) is 0 Å². The summed E-state index contributed by atoms with van der Waals surface area (Å²) in [5.41, 5.74) is 1.13. The maximum Gasteiger partial charge on any atom is 0.236 e. The predicted octanol–water partition coefficient (Wildman–Crippen LogP) is 1.71. The van der Waals surface area contributed by atoms with Gasteiger partial charge in [-0.2, -0.15) is 0 Å². The van der Waals surface area contributed by atoms with E-state index in [0.717, 1.165) is 37.5 Å². The fraction of sp³-hybridized carbons (Fsp3) is 0.421. The average molecular weight is 327 g/mol. The molecule has 3 rings (SSSR count). The number of rotatable bonds is 5. The number of piperazine rings is 1. The van der Waals surface area contributed by atoms with Crippen molar-refractivity contribution >= 4 is 16.7 Å². The number of nitrogens with one attached hydrogen (secondary N) is 1. The fourth-order valence-corrected chi connectivity index (χ4v) is 3.24. The number of hydrogen-bond donors (Lipinski definition) is 1. The highest BCUT2D eigenvalue weighted by atomic mass is 16.5. The maximum atomic E-state index is 12.4. The molecular weight excluding hydrogens is 302 g/mol. The Bertz CT molecular complexity index is 711. The summed E-state index contributed by atoms with van der Waals surface area (Å²) in [4.78, 5) is 16.4. The number of fused-ring (bicyclic) bond motifs is 1. The highest BCUT2D eigenvalue weighted by Gasteiger charge is 2.19. The zero-order valence-corrected chi connectivity index (χ0v) is 14.4. The van der Waals surface area contributed by atoms with Gasteiger partial charge in [0.1, 0.15) is 5.75 Å². The van der Waals surface area contributed by atoms with Crippen LogP contribution in [0.2, 0.25) is 0 Å². The molecule has 1 heterocycles. The Hall–Kier alpha value is -2.11. The predicted molar refractivity (Wildman–Crippen MR) is 96.3 cm³/mol. The van der Waals surface area contributed by atoms with Gasteiger partial charge in [0.2, 0.25) is 5.91 Å². The molecule has 0 saturated carbocycles. The van der Waals surface area contributed by atoms with Crippen LogP contribution >= 0.6 is 0 Å². The van der Waals surface area contributed by atoms with Crippen LogP contribution in [0.25, 0.3) is 10.8 Å². The lowest BCUT2D eigenvalue weighted by Crippen LogP contribution is -2.49. The molecule has 1 amide bonds. The van der Waals surface area contributed by atoms with Gasteiger partial charge in [0.15, 0.2) is 0 Å². The molecule has 5 heteroatoms. The van der Waals surface area contributed by atoms with Gasteiger partial charge in [-0.15, -0.1) is 0 Å². The van der Waals surface area contributed by atoms with E-state index in [1.807, 2.05) is 30.1 Å². The van der Waals surface area contributed by atoms with E-state index in [1.54, 1.807) is 7.11 Å². The normalized spacial score (nSPS) is 15.0. The standard InChI is InChI=1S/C19H25N3O2/c1-21(14-19(23)22-11-9-20-10-12-22)13-17-16-6-4-3-5-15(16)7-8-18(17)24-2/h3-8,20H,9-14H2,1-2H3. The van der Waals surface area contributed by atoms with Crippen molar-refractivity contribution in [1.82, 2.24) is 15.1 Å². The first-order chi connectivity index (χ1) is 11.7. The molecule has 1 N–H and O–H groups in total. The Morgan fingerprint density at radius 2 is 1.96 bits per heavy atom. The maximum absolute atomic E-state index is 12.4. The molecule has 0 aliphatic carbocycles. The highest BCUT2D eigenvalue weighted by Crippen LogP contribution is 2.28. The topological polar surface area (TPSA) is 44.8 Å². The molecule has 128 valence electrons. The van der Waals surface area contributed by atoms with Crippen LogP contribution in [0.4, 0.5) is 0 Å². The monoisotopic (exact) mass is 327 g/mol. The van der Waals surface area contributed by atoms with Crippen LogP contribution in [0.5, 0.6) is 5.75 Å². The van der Waals surface area contributed by atoms with Gasteiger partial charge < -0.3 is 15.0 Å². The number of nitrogens with zero attached hydrogens (tertiary/aromatic N) is 2. The third-order valence-electron chi connectivity index (χ3n) is 4.52. The zero-order chi connectivity index (χ0) is 16.9. The number of methoxy groups -OCH3 is 1. The summed E-state index contributed by atoms with van der Waals surface area (Å²) >= 11 is 0. The minimum atomic E-state index is 0.193. The van der Waals surface area contributed by atoms with Crippen molar-refractivity contribution in [3.63, 3.8) is 0 Å². The molecular formula is C19H25N3O2. The van der Waals surface area contributed by atoms with Gasteiger partial charge in [-0.3, -0.25) is 9.69 Å². The summed E-state index contributed by atoms with van der Waals surface area (Å²) in [6.45, 7) is 4.46. The van der Waals surface area contributed by atoms with Crippen LogP contribution in [0.3, 0.4) is 0 Å². The number of carbonyl (C=O) groups excluding carboxylic acids is 1. The van der Waals surface area contributed by atoms with Crippen LogP contribution < -0.4 is 10.1 Å². The summed E-state index contributed by atoms with van der Waals surface area (Å²) in [6.07, 6.45) is 0. The van der Waals surface area contributed by atoms with Crippen LogP contribution in [0, 0.1) is 0 Å². The van der Waals surface area contributed by atoms with Crippen LogP contribution in [-0.4, -0.2) is 62.6 Å². The smallest absolute Gasteiger partial charge is 0.236 e. The van der Waals surface area contributed by atoms with E-state index in [9.17, 15) is 4.79 Å². The molecule has 5 nitrogen and oxygen atoms in total. The van der Waals surface area contributed by atoms with Crippen molar-refractivity contribution in [2.75, 3.05) is 46.9 Å². The van der Waals surface area contributed by atoms with Crippen LogP contribution in [0.1, 0.15) is 5.56 Å². The van der Waals surface area contributed by atoms with E-state index >= 15 is 0 Å². The lowest BCUT2D eigenvalue weighted by molar-refractivity contribution is -0.132. The second kappa shape index (κ2) is 7.64. The molecule has 1 fully saturated rings. The molecule has 2 aromatic carbocycles. The quantitative estimate of drug-likeness (QED) is 0.908. The van der Waals surface area contributed by atoms with Gasteiger partial charge in [0, 0.05) is 38.3 Å². The number of amides is 1. The molecule has 1 aliphatic heterocycles. The van der Waals surface area contributed by atoms with Crippen LogP contribution in [0.15, 0.2) is 36.4 Å². The van der Waals surface area contributed by atoms with Gasteiger partial charge in [-0.1, -0.05) is 30.3 Å². The third kappa shape index (κ3) is 3.68. The van der Waals surface area contributed by atoms with Crippen molar-refractivity contribution in [3.05, 3.63) is 42.0 Å². The number of benzene rings is 2. The van der Waals surface area contributed by atoms with Crippen LogP contribution in [-0.2, 0) is 11.3 Å². The molecule has 1 aliphatic rings. The molecule has 2 aromatic rings. The zero-order valence-electron chi connectivity index (χ0n) is 14.4. The largest absolute Gasteiger partial charge is 0.496 e. The Morgan fingerprint density at radius 3 is 2.71 bits per heavy atom. The summed E-state index contributed by atoms with van der Waals surface area (Å²) in [6, 6.07) is 12.4. The summed E-state index contributed by atoms with van der Waals surface area (Å²) in [5, 5.41) is 5.64. The van der Waals surface area contributed by atoms with Gasteiger partial charge in [-0.05, 0) is 23.9 Å². The average Bonchev–Trinajstić information content (AvgIpc) is 2.62. The first kappa shape index (κ1) is 16.7. The summed E-state index contributed by atoms with van der Waals surface area (Å²) in [7, 11) is 3.68. The summed E-state index contributed by atoms with van der Waals surface area (Å²) in [5.74, 6) is 1.06. The molecule has 0 bridgehead atoms. The van der Waals surface area contributed by atoms with Gasteiger partial charge in [0.05, 0.1) is 13.7 Å². The Balaban J connectivity index is 1.74. The molecule has 24 heavy (non-hydrogen) atoms. The first-order valence-electron chi connectivity index (χ1n) is 8.40. The van der Waals surface area contributed by atoms with Crippen molar-refractivity contribution in [2.45, 2.75) is 6.54 Å². The van der Waals surface area contributed by atoms with E-state index in [2.05, 4.69) is 28.4 Å². The van der Waals surface area contributed by atoms with Crippen molar-refractivity contribution in [2.24, 2.45) is 0 Å².